The number of rotatable bonds is 8. The Morgan fingerprint density at radius 2 is 2.10 bits per heavy atom. The molecule has 0 aliphatic carbocycles. The fourth-order valence-corrected chi connectivity index (χ4v) is 1.92. The minimum atomic E-state index is -0.664. The van der Waals surface area contributed by atoms with E-state index in [4.69, 9.17) is 16.2 Å². The van der Waals surface area contributed by atoms with E-state index in [1.165, 1.54) is 0 Å². The average Bonchev–Trinajstić information content (AvgIpc) is 2.42. The van der Waals surface area contributed by atoms with Crippen molar-refractivity contribution in [2.45, 2.75) is 12.1 Å². The van der Waals surface area contributed by atoms with E-state index in [-0.39, 0.29) is 6.04 Å². The number of carbonyl (C=O) groups is 1. The van der Waals surface area contributed by atoms with E-state index in [0.717, 1.165) is 11.3 Å². The second-order valence-corrected chi connectivity index (χ2v) is 4.92. The minimum absolute atomic E-state index is 0.158. The van der Waals surface area contributed by atoms with Gasteiger partial charge in [-0.1, -0.05) is 12.1 Å². The maximum Gasteiger partial charge on any atom is 0.235 e. The van der Waals surface area contributed by atoms with Crippen molar-refractivity contribution in [2.75, 3.05) is 34.3 Å². The Morgan fingerprint density at radius 1 is 1.40 bits per heavy atom. The SMILES string of the molecule is COc1cccc(C(CNCC(N)C(N)=O)N(C)C)c1. The highest BCUT2D eigenvalue weighted by Crippen LogP contribution is 2.21. The van der Waals surface area contributed by atoms with Gasteiger partial charge in [-0.3, -0.25) is 4.79 Å². The number of ether oxygens (including phenoxy) is 1. The molecule has 0 radical (unpaired) electrons. The maximum atomic E-state index is 10.9. The van der Waals surface area contributed by atoms with Gasteiger partial charge in [-0.15, -0.1) is 0 Å². The molecule has 0 bridgehead atoms. The van der Waals surface area contributed by atoms with Gasteiger partial charge in [0.15, 0.2) is 0 Å². The summed E-state index contributed by atoms with van der Waals surface area (Å²) in [5.41, 5.74) is 11.9. The van der Waals surface area contributed by atoms with E-state index in [0.29, 0.717) is 13.1 Å². The van der Waals surface area contributed by atoms with Crippen LogP contribution in [0.25, 0.3) is 0 Å². The average molecular weight is 280 g/mol. The van der Waals surface area contributed by atoms with Gasteiger partial charge in [-0.25, -0.2) is 0 Å². The Kier molecular flexibility index (Phi) is 6.44. The van der Waals surface area contributed by atoms with Crippen molar-refractivity contribution in [3.8, 4) is 5.75 Å². The molecule has 6 heteroatoms. The molecular formula is C14H24N4O2. The summed E-state index contributed by atoms with van der Waals surface area (Å²) < 4.78 is 5.24. The van der Waals surface area contributed by atoms with Crippen molar-refractivity contribution in [3.05, 3.63) is 29.8 Å². The topological polar surface area (TPSA) is 93.6 Å². The van der Waals surface area contributed by atoms with Crippen LogP contribution in [0, 0.1) is 0 Å². The third kappa shape index (κ3) is 4.80. The molecule has 0 aliphatic heterocycles. The quantitative estimate of drug-likeness (QED) is 0.608. The fourth-order valence-electron chi connectivity index (χ4n) is 1.92. The molecule has 0 aliphatic rings. The smallest absolute Gasteiger partial charge is 0.235 e. The summed E-state index contributed by atoms with van der Waals surface area (Å²) in [6, 6.07) is 7.41. The van der Waals surface area contributed by atoms with E-state index >= 15 is 0 Å². The number of nitrogens with two attached hydrogens (primary N) is 2. The first kappa shape index (κ1) is 16.4. The molecule has 1 rings (SSSR count). The van der Waals surface area contributed by atoms with Crippen LogP contribution in [0.5, 0.6) is 5.75 Å². The second kappa shape index (κ2) is 7.84. The molecule has 2 atom stereocenters. The Hall–Kier alpha value is -1.63. The molecule has 6 nitrogen and oxygen atoms in total. The summed E-state index contributed by atoms with van der Waals surface area (Å²) in [4.78, 5) is 13.0. The number of hydrogen-bond donors (Lipinski definition) is 3. The molecule has 1 aromatic carbocycles. The van der Waals surface area contributed by atoms with E-state index in [2.05, 4.69) is 10.2 Å². The first-order chi connectivity index (χ1) is 9.45. The third-order valence-corrected chi connectivity index (χ3v) is 3.17. The second-order valence-electron chi connectivity index (χ2n) is 4.92. The molecule has 1 aromatic rings. The number of hydrogen-bond acceptors (Lipinski definition) is 5. The summed E-state index contributed by atoms with van der Waals surface area (Å²) in [5.74, 6) is 0.323. The van der Waals surface area contributed by atoms with Crippen LogP contribution in [0.2, 0.25) is 0 Å². The summed E-state index contributed by atoms with van der Waals surface area (Å²) >= 11 is 0. The number of likely N-dealkylation sites (N-methyl/N-ethyl adjacent to an activating group) is 1. The van der Waals surface area contributed by atoms with Gasteiger partial charge in [0.2, 0.25) is 5.91 Å². The summed E-state index contributed by atoms with van der Waals surface area (Å²) in [5, 5.41) is 3.18. The molecule has 5 N–H and O–H groups in total. The van der Waals surface area contributed by atoms with Crippen LogP contribution in [0.3, 0.4) is 0 Å². The predicted octanol–water partition coefficient (Wildman–Crippen LogP) is -0.300. The van der Waals surface area contributed by atoms with Crippen LogP contribution in [-0.4, -0.2) is 51.1 Å². The van der Waals surface area contributed by atoms with Crippen molar-refractivity contribution < 1.29 is 9.53 Å². The Labute approximate surface area is 120 Å². The zero-order valence-corrected chi connectivity index (χ0v) is 12.3. The van der Waals surface area contributed by atoms with Crippen molar-refractivity contribution in [1.82, 2.24) is 10.2 Å². The molecule has 0 spiro atoms. The zero-order chi connectivity index (χ0) is 15.1. The van der Waals surface area contributed by atoms with Gasteiger partial charge in [-0.2, -0.15) is 0 Å². The number of carbonyl (C=O) groups excluding carboxylic acids is 1. The normalized spacial score (nSPS) is 14.1. The molecule has 112 valence electrons. The molecule has 1 amide bonds. The lowest BCUT2D eigenvalue weighted by atomic mass is 10.1. The molecule has 20 heavy (non-hydrogen) atoms. The lowest BCUT2D eigenvalue weighted by molar-refractivity contribution is -0.119. The third-order valence-electron chi connectivity index (χ3n) is 3.17. The molecule has 0 saturated heterocycles. The van der Waals surface area contributed by atoms with Gasteiger partial charge in [0.05, 0.1) is 13.2 Å². The lowest BCUT2D eigenvalue weighted by Crippen LogP contribution is -2.45. The van der Waals surface area contributed by atoms with Crippen LogP contribution in [0.15, 0.2) is 24.3 Å². The van der Waals surface area contributed by atoms with Crippen LogP contribution in [0.4, 0.5) is 0 Å². The molecule has 2 unspecified atom stereocenters. The summed E-state index contributed by atoms with van der Waals surface area (Å²) in [6.45, 7) is 1.03. The van der Waals surface area contributed by atoms with Gasteiger partial charge in [0.1, 0.15) is 5.75 Å². The number of nitrogens with zero attached hydrogens (tertiary/aromatic N) is 1. The van der Waals surface area contributed by atoms with Crippen LogP contribution in [-0.2, 0) is 4.79 Å². The summed E-state index contributed by atoms with van der Waals surface area (Å²) in [6.07, 6.45) is 0. The highest BCUT2D eigenvalue weighted by atomic mass is 16.5. The lowest BCUT2D eigenvalue weighted by Gasteiger charge is -2.26. The van der Waals surface area contributed by atoms with Gasteiger partial charge in [0.25, 0.3) is 0 Å². The van der Waals surface area contributed by atoms with E-state index < -0.39 is 11.9 Å². The van der Waals surface area contributed by atoms with Crippen LogP contribution >= 0.6 is 0 Å². The standard InChI is InChI=1S/C14H24N4O2/c1-18(2)13(9-17-8-12(15)14(16)19)10-5-4-6-11(7-10)20-3/h4-7,12-13,17H,8-9,15H2,1-3H3,(H2,16,19). The molecular weight excluding hydrogens is 256 g/mol. The maximum absolute atomic E-state index is 10.9. The Balaban J connectivity index is 2.67. The van der Waals surface area contributed by atoms with Gasteiger partial charge < -0.3 is 26.4 Å². The molecule has 0 aromatic heterocycles. The number of benzene rings is 1. The highest BCUT2D eigenvalue weighted by Gasteiger charge is 2.16. The van der Waals surface area contributed by atoms with Crippen molar-refractivity contribution in [3.63, 3.8) is 0 Å². The van der Waals surface area contributed by atoms with Gasteiger partial charge in [-0.05, 0) is 31.8 Å². The van der Waals surface area contributed by atoms with Crippen molar-refractivity contribution >= 4 is 5.91 Å². The molecule has 0 saturated carbocycles. The van der Waals surface area contributed by atoms with Crippen LogP contribution in [0.1, 0.15) is 11.6 Å². The van der Waals surface area contributed by atoms with Crippen molar-refractivity contribution in [2.24, 2.45) is 11.5 Å². The number of amides is 1. The van der Waals surface area contributed by atoms with Gasteiger partial charge in [0, 0.05) is 19.1 Å². The molecule has 0 fully saturated rings. The van der Waals surface area contributed by atoms with Crippen LogP contribution < -0.4 is 21.5 Å². The highest BCUT2D eigenvalue weighted by molar-refractivity contribution is 5.79. The van der Waals surface area contributed by atoms with E-state index in [1.807, 2.05) is 38.4 Å². The monoisotopic (exact) mass is 280 g/mol. The predicted molar refractivity (Wildman–Crippen MR) is 79.5 cm³/mol. The van der Waals surface area contributed by atoms with E-state index in [9.17, 15) is 4.79 Å². The van der Waals surface area contributed by atoms with Crippen molar-refractivity contribution in [1.29, 1.82) is 0 Å². The number of methoxy groups -OCH3 is 1. The van der Waals surface area contributed by atoms with E-state index in [1.54, 1.807) is 7.11 Å². The minimum Gasteiger partial charge on any atom is -0.497 e. The number of nitrogens with one attached hydrogen (secondary N) is 1. The molecule has 0 heterocycles. The van der Waals surface area contributed by atoms with Gasteiger partial charge >= 0.3 is 0 Å². The number of primary amides is 1. The largest absolute Gasteiger partial charge is 0.497 e. The Bertz CT molecular complexity index is 437. The first-order valence-corrected chi connectivity index (χ1v) is 6.51. The Morgan fingerprint density at radius 3 is 2.65 bits per heavy atom. The first-order valence-electron chi connectivity index (χ1n) is 6.51. The summed E-state index contributed by atoms with van der Waals surface area (Å²) in [7, 11) is 5.65. The zero-order valence-electron chi connectivity index (χ0n) is 12.3. The fraction of sp³-hybridized carbons (Fsp3) is 0.500.